The van der Waals surface area contributed by atoms with Crippen LogP contribution in [0.25, 0.3) is 0 Å². The Morgan fingerprint density at radius 3 is 2.09 bits per heavy atom. The van der Waals surface area contributed by atoms with Gasteiger partial charge in [-0.3, -0.25) is 13.8 Å². The van der Waals surface area contributed by atoms with Crippen LogP contribution in [0.4, 0.5) is 11.4 Å². The van der Waals surface area contributed by atoms with E-state index in [-0.39, 0.29) is 0 Å². The first-order valence-corrected chi connectivity index (χ1v) is 8.70. The second-order valence-electron chi connectivity index (χ2n) is 4.94. The fourth-order valence-electron chi connectivity index (χ4n) is 2.00. The van der Waals surface area contributed by atoms with E-state index in [1.165, 1.54) is 0 Å². The lowest BCUT2D eigenvalue weighted by atomic mass is 10.1. The summed E-state index contributed by atoms with van der Waals surface area (Å²) in [5, 5.41) is 5.06. The van der Waals surface area contributed by atoms with Gasteiger partial charge in [-0.05, 0) is 42.3 Å². The molecule has 1 unspecified atom stereocenters. The second kappa shape index (κ2) is 7.69. The molecule has 0 spiro atoms. The molecule has 23 heavy (non-hydrogen) atoms. The molecule has 2 rings (SSSR count). The topological polar surface area (TPSA) is 75.3 Å². The van der Waals surface area contributed by atoms with Crippen molar-refractivity contribution in [2.24, 2.45) is 0 Å². The van der Waals surface area contributed by atoms with Crippen molar-refractivity contribution in [3.8, 4) is 0 Å². The molecule has 2 amide bonds. The monoisotopic (exact) mass is 330 g/mol. The predicted octanol–water partition coefficient (Wildman–Crippen LogP) is 2.56. The maximum Gasteiger partial charge on any atom is 0.314 e. The summed E-state index contributed by atoms with van der Waals surface area (Å²) in [7, 11) is -1.15. The summed E-state index contributed by atoms with van der Waals surface area (Å²) in [6.45, 7) is 2.01. The molecule has 2 aromatic carbocycles. The van der Waals surface area contributed by atoms with Crippen molar-refractivity contribution in [3.63, 3.8) is 0 Å². The van der Waals surface area contributed by atoms with Crippen LogP contribution in [0.15, 0.2) is 53.4 Å². The maximum atomic E-state index is 12.0. The van der Waals surface area contributed by atoms with E-state index < -0.39 is 22.6 Å². The predicted molar refractivity (Wildman–Crippen MR) is 91.9 cm³/mol. The zero-order chi connectivity index (χ0) is 16.8. The molecular formula is C17H18N2O3S. The second-order valence-corrected chi connectivity index (χ2v) is 6.32. The maximum absolute atomic E-state index is 12.0. The number of nitrogens with one attached hydrogen (secondary N) is 2. The molecule has 2 N–H and O–H groups in total. The Hall–Kier alpha value is -2.47. The molecule has 0 saturated heterocycles. The van der Waals surface area contributed by atoms with E-state index in [0.29, 0.717) is 16.3 Å². The van der Waals surface area contributed by atoms with Crippen molar-refractivity contribution in [3.05, 3.63) is 54.1 Å². The van der Waals surface area contributed by atoms with Crippen LogP contribution in [0.2, 0.25) is 0 Å². The Balaban J connectivity index is 2.03. The number of hydrogen-bond acceptors (Lipinski definition) is 3. The molecule has 0 fully saturated rings. The van der Waals surface area contributed by atoms with Crippen molar-refractivity contribution in [2.45, 2.75) is 18.2 Å². The fourth-order valence-corrected chi connectivity index (χ4v) is 2.56. The minimum absolute atomic E-state index is 0.431. The highest BCUT2D eigenvalue weighted by Crippen LogP contribution is 2.14. The van der Waals surface area contributed by atoms with Crippen LogP contribution in [-0.2, 0) is 26.8 Å². The van der Waals surface area contributed by atoms with Gasteiger partial charge < -0.3 is 10.6 Å². The van der Waals surface area contributed by atoms with Crippen LogP contribution in [0.3, 0.4) is 0 Å². The van der Waals surface area contributed by atoms with Gasteiger partial charge in [0.25, 0.3) is 0 Å². The summed E-state index contributed by atoms with van der Waals surface area (Å²) in [4.78, 5) is 24.5. The Bertz CT molecular complexity index is 759. The Morgan fingerprint density at radius 1 is 0.957 bits per heavy atom. The molecule has 0 aliphatic carbocycles. The van der Waals surface area contributed by atoms with E-state index in [2.05, 4.69) is 10.6 Å². The largest absolute Gasteiger partial charge is 0.318 e. The van der Waals surface area contributed by atoms with Crippen molar-refractivity contribution in [1.29, 1.82) is 0 Å². The number of amides is 2. The third-order valence-corrected chi connectivity index (χ3v) is 4.14. The minimum atomic E-state index is -1.15. The first kappa shape index (κ1) is 16.9. The highest BCUT2D eigenvalue weighted by molar-refractivity contribution is 7.84. The number of anilines is 2. The average Bonchev–Trinajstić information content (AvgIpc) is 2.55. The van der Waals surface area contributed by atoms with E-state index in [1.807, 2.05) is 25.1 Å². The SMILES string of the molecule is CCc1cccc(NC(=O)C(=O)Nc2cccc(S(C)=O)c2)c1. The van der Waals surface area contributed by atoms with Crippen molar-refractivity contribution >= 4 is 34.0 Å². The van der Waals surface area contributed by atoms with E-state index >= 15 is 0 Å². The van der Waals surface area contributed by atoms with Crippen LogP contribution < -0.4 is 10.6 Å². The van der Waals surface area contributed by atoms with Gasteiger partial charge in [-0.2, -0.15) is 0 Å². The van der Waals surface area contributed by atoms with Gasteiger partial charge in [0.05, 0.1) is 0 Å². The van der Waals surface area contributed by atoms with Crippen LogP contribution in [0, 0.1) is 0 Å². The molecule has 2 aromatic rings. The molecular weight excluding hydrogens is 312 g/mol. The molecule has 1 atom stereocenters. The van der Waals surface area contributed by atoms with E-state index in [4.69, 9.17) is 0 Å². The molecule has 120 valence electrons. The normalized spacial score (nSPS) is 11.6. The third kappa shape index (κ3) is 4.75. The average molecular weight is 330 g/mol. The van der Waals surface area contributed by atoms with Crippen molar-refractivity contribution in [2.75, 3.05) is 16.9 Å². The molecule has 0 saturated carbocycles. The Morgan fingerprint density at radius 2 is 1.52 bits per heavy atom. The van der Waals surface area contributed by atoms with Crippen LogP contribution >= 0.6 is 0 Å². The summed E-state index contributed by atoms with van der Waals surface area (Å²) in [5.41, 5.74) is 2.08. The molecule has 0 aromatic heterocycles. The number of benzene rings is 2. The lowest BCUT2D eigenvalue weighted by Gasteiger charge is -2.08. The van der Waals surface area contributed by atoms with Gasteiger partial charge in [-0.1, -0.05) is 25.1 Å². The molecule has 0 aliphatic heterocycles. The van der Waals surface area contributed by atoms with Gasteiger partial charge in [-0.25, -0.2) is 0 Å². The number of hydrogen-bond donors (Lipinski definition) is 2. The Kier molecular flexibility index (Phi) is 5.65. The molecule has 0 radical (unpaired) electrons. The van der Waals surface area contributed by atoms with Gasteiger partial charge in [0, 0.05) is 33.3 Å². The number of rotatable bonds is 4. The highest BCUT2D eigenvalue weighted by Gasteiger charge is 2.14. The molecule has 0 aliphatic rings. The van der Waals surface area contributed by atoms with Crippen LogP contribution in [0.1, 0.15) is 12.5 Å². The minimum Gasteiger partial charge on any atom is -0.318 e. The molecule has 0 heterocycles. The quantitative estimate of drug-likeness (QED) is 0.846. The summed E-state index contributed by atoms with van der Waals surface area (Å²) < 4.78 is 11.4. The summed E-state index contributed by atoms with van der Waals surface area (Å²) in [6.07, 6.45) is 2.39. The third-order valence-electron chi connectivity index (χ3n) is 3.22. The van der Waals surface area contributed by atoms with Gasteiger partial charge in [0.1, 0.15) is 0 Å². The van der Waals surface area contributed by atoms with Crippen LogP contribution in [0.5, 0.6) is 0 Å². The van der Waals surface area contributed by atoms with Crippen LogP contribution in [-0.4, -0.2) is 22.3 Å². The number of carbonyl (C=O) groups is 2. The van der Waals surface area contributed by atoms with Gasteiger partial charge in [0.2, 0.25) is 0 Å². The zero-order valence-corrected chi connectivity index (χ0v) is 13.8. The summed E-state index contributed by atoms with van der Waals surface area (Å²) >= 11 is 0. The van der Waals surface area contributed by atoms with E-state index in [0.717, 1.165) is 12.0 Å². The molecule has 6 heteroatoms. The first-order chi connectivity index (χ1) is 11.0. The van der Waals surface area contributed by atoms with E-state index in [9.17, 15) is 13.8 Å². The van der Waals surface area contributed by atoms with Crippen molar-refractivity contribution < 1.29 is 13.8 Å². The first-order valence-electron chi connectivity index (χ1n) is 7.14. The van der Waals surface area contributed by atoms with Crippen molar-refractivity contribution in [1.82, 2.24) is 0 Å². The lowest BCUT2D eigenvalue weighted by molar-refractivity contribution is -0.133. The summed E-state index contributed by atoms with van der Waals surface area (Å²) in [6, 6.07) is 13.9. The van der Waals surface area contributed by atoms with Gasteiger partial charge >= 0.3 is 11.8 Å². The molecule has 0 bridgehead atoms. The smallest absolute Gasteiger partial charge is 0.314 e. The summed E-state index contributed by atoms with van der Waals surface area (Å²) in [5.74, 6) is -1.52. The van der Waals surface area contributed by atoms with Gasteiger partial charge in [0.15, 0.2) is 0 Å². The molecule has 5 nitrogen and oxygen atoms in total. The van der Waals surface area contributed by atoms with Gasteiger partial charge in [-0.15, -0.1) is 0 Å². The fraction of sp³-hybridized carbons (Fsp3) is 0.176. The Labute approximate surface area is 137 Å². The zero-order valence-electron chi connectivity index (χ0n) is 13.0. The standard InChI is InChI=1S/C17H18N2O3S/c1-3-12-6-4-7-13(10-12)18-16(20)17(21)19-14-8-5-9-15(11-14)23(2)22/h4-11H,3H2,1-2H3,(H,18,20)(H,19,21). The number of carbonyl (C=O) groups excluding carboxylic acids is 2. The number of aryl methyl sites for hydroxylation is 1. The highest BCUT2D eigenvalue weighted by atomic mass is 32.2. The van der Waals surface area contributed by atoms with E-state index in [1.54, 1.807) is 36.6 Å². The lowest BCUT2D eigenvalue weighted by Crippen LogP contribution is -2.29.